The third-order valence-electron chi connectivity index (χ3n) is 7.99. The van der Waals surface area contributed by atoms with Gasteiger partial charge in [-0.3, -0.25) is 9.59 Å². The van der Waals surface area contributed by atoms with Gasteiger partial charge in [0.05, 0.1) is 25.3 Å². The fourth-order valence-electron chi connectivity index (χ4n) is 5.66. The van der Waals surface area contributed by atoms with Gasteiger partial charge in [0.15, 0.2) is 0 Å². The molecule has 2 aliphatic rings. The van der Waals surface area contributed by atoms with E-state index < -0.39 is 18.1 Å². The van der Waals surface area contributed by atoms with Crippen LogP contribution in [0.3, 0.4) is 0 Å². The Balaban J connectivity index is 1.52. The van der Waals surface area contributed by atoms with Gasteiger partial charge in [0.25, 0.3) is 5.91 Å². The molecule has 0 spiro atoms. The minimum atomic E-state index is -1.04. The number of nitrogens with one attached hydrogen (secondary N) is 2. The largest absolute Gasteiger partial charge is 0.491 e. The van der Waals surface area contributed by atoms with Crippen molar-refractivity contribution in [1.82, 2.24) is 15.5 Å². The van der Waals surface area contributed by atoms with Gasteiger partial charge in [-0.25, -0.2) is 4.79 Å². The third-order valence-corrected chi connectivity index (χ3v) is 7.99. The molecule has 2 atom stereocenters. The van der Waals surface area contributed by atoms with Crippen LogP contribution < -0.4 is 20.3 Å². The molecule has 1 saturated carbocycles. The lowest BCUT2D eigenvalue weighted by Gasteiger charge is -2.32. The van der Waals surface area contributed by atoms with Crippen LogP contribution in [0.15, 0.2) is 48.5 Å². The number of nitrogens with zero attached hydrogens (tertiary/aromatic N) is 2. The minimum absolute atomic E-state index is 0.0239. The fraction of sp³-hybridized carbons (Fsp3) is 0.531. The summed E-state index contributed by atoms with van der Waals surface area (Å²) in [5.74, 6) is -0.0978. The van der Waals surface area contributed by atoms with Gasteiger partial charge in [-0.15, -0.1) is 0 Å². The maximum absolute atomic E-state index is 13.7. The molecule has 10 heteroatoms. The monoisotopic (exact) mass is 580 g/mol. The summed E-state index contributed by atoms with van der Waals surface area (Å²) in [5.41, 5.74) is 1.75. The second kappa shape index (κ2) is 15.6. The molecule has 10 nitrogen and oxygen atoms in total. The fourth-order valence-corrected chi connectivity index (χ4v) is 5.66. The molecular weight excluding hydrogens is 536 g/mol. The Hall–Kier alpha value is -3.63. The van der Waals surface area contributed by atoms with Crippen molar-refractivity contribution in [1.29, 1.82) is 0 Å². The quantitative estimate of drug-likeness (QED) is 0.288. The maximum atomic E-state index is 13.7. The van der Waals surface area contributed by atoms with E-state index >= 15 is 0 Å². The van der Waals surface area contributed by atoms with Crippen LogP contribution in [0, 0.1) is 0 Å². The van der Waals surface area contributed by atoms with Crippen LogP contribution in [0.2, 0.25) is 0 Å². The van der Waals surface area contributed by atoms with Gasteiger partial charge in [0.2, 0.25) is 5.91 Å². The number of carbonyl (C=O) groups is 3. The van der Waals surface area contributed by atoms with Crippen molar-refractivity contribution in [3.8, 4) is 5.75 Å². The van der Waals surface area contributed by atoms with Crippen LogP contribution in [-0.2, 0) is 11.2 Å². The number of benzene rings is 2. The van der Waals surface area contributed by atoms with E-state index in [0.29, 0.717) is 37.4 Å². The number of urea groups is 1. The predicted octanol–water partition coefficient (Wildman–Crippen LogP) is 3.25. The molecule has 0 aromatic heterocycles. The number of ether oxygens (including phenoxy) is 1. The van der Waals surface area contributed by atoms with Gasteiger partial charge in [0.1, 0.15) is 12.4 Å². The zero-order chi connectivity index (χ0) is 29.9. The van der Waals surface area contributed by atoms with E-state index in [1.54, 1.807) is 28.0 Å². The second-order valence-electron chi connectivity index (χ2n) is 11.1. The molecule has 0 bridgehead atoms. The van der Waals surface area contributed by atoms with Gasteiger partial charge < -0.3 is 35.4 Å². The first-order valence-electron chi connectivity index (χ1n) is 15.1. The molecule has 1 saturated heterocycles. The number of anilines is 1. The van der Waals surface area contributed by atoms with E-state index in [1.807, 2.05) is 37.3 Å². The predicted molar refractivity (Wildman–Crippen MR) is 161 cm³/mol. The summed E-state index contributed by atoms with van der Waals surface area (Å²) < 4.78 is 5.62. The summed E-state index contributed by atoms with van der Waals surface area (Å²) >= 11 is 0. The number of rotatable bonds is 13. The number of likely N-dealkylation sites (N-methyl/N-ethyl adjacent to an activating group) is 1. The van der Waals surface area contributed by atoms with Gasteiger partial charge in [-0.2, -0.15) is 0 Å². The first-order valence-corrected chi connectivity index (χ1v) is 15.1. The van der Waals surface area contributed by atoms with Gasteiger partial charge >= 0.3 is 6.03 Å². The normalized spacial score (nSPS) is 17.0. The summed E-state index contributed by atoms with van der Waals surface area (Å²) in [7, 11) is 0. The summed E-state index contributed by atoms with van der Waals surface area (Å²) in [5, 5.41) is 26.8. The molecule has 228 valence electrons. The van der Waals surface area contributed by atoms with E-state index in [1.165, 1.54) is 6.42 Å². The topological polar surface area (TPSA) is 131 Å². The van der Waals surface area contributed by atoms with E-state index in [4.69, 9.17) is 4.74 Å². The molecule has 1 aliphatic carbocycles. The highest BCUT2D eigenvalue weighted by atomic mass is 16.5. The third kappa shape index (κ3) is 8.69. The molecule has 4 N–H and O–H groups in total. The van der Waals surface area contributed by atoms with Crippen molar-refractivity contribution >= 4 is 23.5 Å². The highest BCUT2D eigenvalue weighted by Crippen LogP contribution is 2.28. The standard InChI is InChI=1S/C32H44N4O6/c1-2-35(32(41)33-25-12-7-4-8-13-25)22-29(38)28(18-23-10-5-3-6-11-23)34-31(40)24-19-26(36-15-9-14-30(36)39)21-27(20-24)42-17-16-37/h3,5-6,10-11,19-21,25,28-29,37-38H,2,4,7-9,12-18,22H2,1H3,(H,33,41)(H,34,40). The van der Waals surface area contributed by atoms with Gasteiger partial charge in [0, 0.05) is 42.9 Å². The molecule has 2 unspecified atom stereocenters. The smallest absolute Gasteiger partial charge is 0.317 e. The van der Waals surface area contributed by atoms with E-state index in [-0.39, 0.29) is 43.3 Å². The number of aliphatic hydroxyl groups excluding tert-OH is 2. The van der Waals surface area contributed by atoms with Crippen molar-refractivity contribution < 1.29 is 29.3 Å². The molecule has 42 heavy (non-hydrogen) atoms. The SMILES string of the molecule is CCN(CC(O)C(Cc1ccccc1)NC(=O)c1cc(OCCO)cc(N2CCCC2=O)c1)C(=O)NC1CCCCC1. The van der Waals surface area contributed by atoms with Gasteiger partial charge in [-0.1, -0.05) is 49.6 Å². The summed E-state index contributed by atoms with van der Waals surface area (Å²) in [6, 6.07) is 13.7. The van der Waals surface area contributed by atoms with Crippen molar-refractivity contribution in [2.24, 2.45) is 0 Å². The molecule has 0 radical (unpaired) electrons. The Morgan fingerprint density at radius 3 is 2.52 bits per heavy atom. The molecule has 1 aliphatic heterocycles. The minimum Gasteiger partial charge on any atom is -0.491 e. The number of carbonyl (C=O) groups excluding carboxylic acids is 3. The molecular formula is C32H44N4O6. The lowest BCUT2D eigenvalue weighted by atomic mass is 9.96. The number of hydrogen-bond donors (Lipinski definition) is 4. The first-order chi connectivity index (χ1) is 20.4. The summed E-state index contributed by atoms with van der Waals surface area (Å²) in [6.45, 7) is 2.75. The molecule has 2 fully saturated rings. The van der Waals surface area contributed by atoms with Gasteiger partial charge in [-0.05, 0) is 50.3 Å². The Bertz CT molecular complexity index is 1190. The Kier molecular flexibility index (Phi) is 11.6. The molecule has 2 aromatic rings. The van der Waals surface area contributed by atoms with Crippen LogP contribution in [0.4, 0.5) is 10.5 Å². The average molecular weight is 581 g/mol. The number of amides is 4. The maximum Gasteiger partial charge on any atom is 0.317 e. The Morgan fingerprint density at radius 1 is 1.10 bits per heavy atom. The Morgan fingerprint density at radius 2 is 1.86 bits per heavy atom. The molecule has 1 heterocycles. The van der Waals surface area contributed by atoms with Crippen LogP contribution >= 0.6 is 0 Å². The number of aliphatic hydroxyl groups is 2. The van der Waals surface area contributed by atoms with E-state index in [0.717, 1.165) is 37.7 Å². The van der Waals surface area contributed by atoms with E-state index in [2.05, 4.69) is 10.6 Å². The summed E-state index contributed by atoms with van der Waals surface area (Å²) in [6.07, 6.45) is 5.81. The molecule has 4 rings (SSSR count). The van der Waals surface area contributed by atoms with E-state index in [9.17, 15) is 24.6 Å². The van der Waals surface area contributed by atoms with Crippen molar-refractivity contribution in [3.05, 3.63) is 59.7 Å². The van der Waals surface area contributed by atoms with Crippen molar-refractivity contribution in [3.63, 3.8) is 0 Å². The van der Waals surface area contributed by atoms with Crippen LogP contribution in [0.25, 0.3) is 0 Å². The van der Waals surface area contributed by atoms with Crippen LogP contribution in [-0.4, -0.2) is 84.0 Å². The van der Waals surface area contributed by atoms with Crippen LogP contribution in [0.5, 0.6) is 5.75 Å². The first kappa shape index (κ1) is 31.3. The average Bonchev–Trinajstić information content (AvgIpc) is 3.44. The zero-order valence-electron chi connectivity index (χ0n) is 24.5. The zero-order valence-corrected chi connectivity index (χ0v) is 24.5. The van der Waals surface area contributed by atoms with Crippen molar-refractivity contribution in [2.45, 2.75) is 76.5 Å². The molecule has 4 amide bonds. The van der Waals surface area contributed by atoms with Crippen LogP contribution in [0.1, 0.15) is 67.8 Å². The number of hydrogen-bond acceptors (Lipinski definition) is 6. The highest BCUT2D eigenvalue weighted by molar-refractivity contribution is 5.99. The highest BCUT2D eigenvalue weighted by Gasteiger charge is 2.28. The molecule has 2 aromatic carbocycles. The second-order valence-corrected chi connectivity index (χ2v) is 11.1. The lowest BCUT2D eigenvalue weighted by Crippen LogP contribution is -2.53. The summed E-state index contributed by atoms with van der Waals surface area (Å²) in [4.78, 5) is 42.4. The lowest BCUT2D eigenvalue weighted by molar-refractivity contribution is -0.117. The van der Waals surface area contributed by atoms with Crippen molar-refractivity contribution in [2.75, 3.05) is 37.7 Å². The Labute approximate surface area is 248 Å².